The zero-order chi connectivity index (χ0) is 20.8. The highest BCUT2D eigenvalue weighted by Crippen LogP contribution is 2.34. The number of hydrogen-bond acceptors (Lipinski definition) is 4. The summed E-state index contributed by atoms with van der Waals surface area (Å²) in [5.74, 6) is -0.314. The van der Waals surface area contributed by atoms with E-state index in [1.807, 2.05) is 45.0 Å². The Balaban J connectivity index is 1.53. The van der Waals surface area contributed by atoms with Gasteiger partial charge in [0.25, 0.3) is 0 Å². The predicted molar refractivity (Wildman–Crippen MR) is 107 cm³/mol. The highest BCUT2D eigenvalue weighted by atomic mass is 19.1. The number of fused-ring (bicyclic) bond motifs is 2. The zero-order valence-corrected chi connectivity index (χ0v) is 17.4. The normalized spacial score (nSPS) is 29.3. The van der Waals surface area contributed by atoms with E-state index in [-0.39, 0.29) is 11.9 Å². The van der Waals surface area contributed by atoms with Crippen LogP contribution in [0.4, 0.5) is 9.18 Å². The van der Waals surface area contributed by atoms with E-state index in [1.165, 1.54) is 0 Å². The van der Waals surface area contributed by atoms with Gasteiger partial charge in [-0.05, 0) is 51.3 Å². The van der Waals surface area contributed by atoms with E-state index in [0.29, 0.717) is 19.5 Å². The summed E-state index contributed by atoms with van der Waals surface area (Å²) in [5, 5.41) is 2.89. The first-order valence-corrected chi connectivity index (χ1v) is 10.5. The van der Waals surface area contributed by atoms with Gasteiger partial charge in [-0.15, -0.1) is 0 Å². The van der Waals surface area contributed by atoms with E-state index >= 15 is 0 Å². The maximum atomic E-state index is 14.7. The van der Waals surface area contributed by atoms with E-state index in [1.54, 1.807) is 4.90 Å². The number of rotatable bonds is 2. The van der Waals surface area contributed by atoms with Gasteiger partial charge in [0, 0.05) is 25.6 Å². The summed E-state index contributed by atoms with van der Waals surface area (Å²) in [6.07, 6.45) is 0.734. The number of ether oxygens (including phenoxy) is 1. The van der Waals surface area contributed by atoms with Crippen LogP contribution in [-0.2, 0) is 16.0 Å². The number of nitrogens with zero attached hydrogens (tertiary/aromatic N) is 2. The number of benzene rings is 1. The molecule has 1 aliphatic carbocycles. The lowest BCUT2D eigenvalue weighted by Gasteiger charge is -2.43. The fourth-order valence-corrected chi connectivity index (χ4v) is 4.73. The van der Waals surface area contributed by atoms with Crippen molar-refractivity contribution in [2.45, 2.75) is 69.9 Å². The number of halogens is 1. The van der Waals surface area contributed by atoms with Gasteiger partial charge in [-0.2, -0.15) is 0 Å². The van der Waals surface area contributed by atoms with Crippen molar-refractivity contribution in [2.75, 3.05) is 19.6 Å². The first-order valence-electron chi connectivity index (χ1n) is 10.5. The zero-order valence-electron chi connectivity index (χ0n) is 17.4. The molecule has 4 rings (SSSR count). The molecule has 0 radical (unpaired) electrons. The minimum absolute atomic E-state index is 0.257. The highest BCUT2D eigenvalue weighted by molar-refractivity contribution is 5.87. The van der Waals surface area contributed by atoms with Gasteiger partial charge in [0.05, 0.1) is 6.04 Å². The van der Waals surface area contributed by atoms with Crippen molar-refractivity contribution in [2.24, 2.45) is 0 Å². The van der Waals surface area contributed by atoms with Crippen molar-refractivity contribution in [3.8, 4) is 0 Å². The lowest BCUT2D eigenvalue weighted by molar-refractivity contribution is -0.130. The van der Waals surface area contributed by atoms with Crippen LogP contribution in [0.2, 0.25) is 0 Å². The molecule has 0 bridgehead atoms. The van der Waals surface area contributed by atoms with Gasteiger partial charge in [-0.1, -0.05) is 24.3 Å². The molecule has 7 heteroatoms. The Bertz CT molecular complexity index is 794. The van der Waals surface area contributed by atoms with Gasteiger partial charge in [-0.25, -0.2) is 9.18 Å². The molecular weight excluding hydrogens is 373 g/mol. The Kier molecular flexibility index (Phi) is 5.27. The number of amides is 2. The quantitative estimate of drug-likeness (QED) is 0.825. The number of hydrogen-bond donors (Lipinski definition) is 1. The molecule has 0 saturated carbocycles. The van der Waals surface area contributed by atoms with Crippen LogP contribution < -0.4 is 5.32 Å². The van der Waals surface area contributed by atoms with E-state index in [2.05, 4.69) is 10.2 Å². The van der Waals surface area contributed by atoms with Crippen LogP contribution in [0.3, 0.4) is 0 Å². The SMILES string of the molecule is CC(C)(C)OC(=O)N1C[C@H]2CCCN2C[C@H]1C(=O)N[C@H]1c2ccccc2C[C@@H]1F. The molecule has 0 unspecified atom stereocenters. The molecule has 1 N–H and O–H groups in total. The van der Waals surface area contributed by atoms with Crippen LogP contribution >= 0.6 is 0 Å². The van der Waals surface area contributed by atoms with Gasteiger partial charge in [0.15, 0.2) is 0 Å². The molecule has 2 fully saturated rings. The van der Waals surface area contributed by atoms with Gasteiger partial charge < -0.3 is 10.1 Å². The maximum Gasteiger partial charge on any atom is 0.411 e. The van der Waals surface area contributed by atoms with Gasteiger partial charge in [0.1, 0.15) is 17.8 Å². The van der Waals surface area contributed by atoms with Crippen molar-refractivity contribution in [1.29, 1.82) is 0 Å². The summed E-state index contributed by atoms with van der Waals surface area (Å²) >= 11 is 0. The lowest BCUT2D eigenvalue weighted by Crippen LogP contribution is -2.63. The minimum Gasteiger partial charge on any atom is -0.444 e. The summed E-state index contributed by atoms with van der Waals surface area (Å²) in [7, 11) is 0. The number of carbonyl (C=O) groups excluding carboxylic acids is 2. The summed E-state index contributed by atoms with van der Waals surface area (Å²) in [6, 6.07) is 6.41. The fraction of sp³-hybridized carbons (Fsp3) is 0.636. The second-order valence-electron chi connectivity index (χ2n) is 9.34. The predicted octanol–water partition coefficient (Wildman–Crippen LogP) is 2.82. The van der Waals surface area contributed by atoms with E-state index in [0.717, 1.165) is 30.5 Å². The first kappa shape index (κ1) is 20.1. The largest absolute Gasteiger partial charge is 0.444 e. The molecule has 2 aliphatic heterocycles. The van der Waals surface area contributed by atoms with Crippen molar-refractivity contribution >= 4 is 12.0 Å². The van der Waals surface area contributed by atoms with Crippen molar-refractivity contribution in [1.82, 2.24) is 15.1 Å². The van der Waals surface area contributed by atoms with Crippen molar-refractivity contribution in [3.05, 3.63) is 35.4 Å². The third-order valence-corrected chi connectivity index (χ3v) is 6.09. The smallest absolute Gasteiger partial charge is 0.411 e. The highest BCUT2D eigenvalue weighted by Gasteiger charge is 2.44. The maximum absolute atomic E-state index is 14.7. The van der Waals surface area contributed by atoms with Crippen LogP contribution in [0.15, 0.2) is 24.3 Å². The fourth-order valence-electron chi connectivity index (χ4n) is 4.73. The molecular formula is C22H30FN3O3. The van der Waals surface area contributed by atoms with Gasteiger partial charge >= 0.3 is 6.09 Å². The van der Waals surface area contributed by atoms with Crippen LogP contribution in [0.5, 0.6) is 0 Å². The Labute approximate surface area is 171 Å². The average molecular weight is 403 g/mol. The number of alkyl halides is 1. The molecule has 4 atom stereocenters. The van der Waals surface area contributed by atoms with Crippen LogP contribution in [0, 0.1) is 0 Å². The minimum atomic E-state index is -1.16. The topological polar surface area (TPSA) is 61.9 Å². The molecule has 3 aliphatic rings. The molecule has 1 aromatic carbocycles. The Morgan fingerprint density at radius 2 is 1.97 bits per heavy atom. The molecule has 158 valence electrons. The van der Waals surface area contributed by atoms with Crippen molar-refractivity contribution in [3.63, 3.8) is 0 Å². The van der Waals surface area contributed by atoms with E-state index in [9.17, 15) is 14.0 Å². The molecule has 2 saturated heterocycles. The molecule has 29 heavy (non-hydrogen) atoms. The molecule has 0 spiro atoms. The third kappa shape index (κ3) is 4.10. The number of carbonyl (C=O) groups is 2. The average Bonchev–Trinajstić information content (AvgIpc) is 3.23. The molecule has 1 aromatic rings. The van der Waals surface area contributed by atoms with Gasteiger partial charge in [0.2, 0.25) is 5.91 Å². The number of nitrogens with one attached hydrogen (secondary N) is 1. The summed E-state index contributed by atoms with van der Waals surface area (Å²) in [6.45, 7) is 7.29. The van der Waals surface area contributed by atoms with Crippen molar-refractivity contribution < 1.29 is 18.7 Å². The van der Waals surface area contributed by atoms with Crippen LogP contribution in [0.1, 0.15) is 50.8 Å². The van der Waals surface area contributed by atoms with Crippen LogP contribution in [-0.4, -0.2) is 65.3 Å². The second-order valence-corrected chi connectivity index (χ2v) is 9.34. The molecule has 2 amide bonds. The summed E-state index contributed by atoms with van der Waals surface area (Å²) in [4.78, 5) is 29.9. The molecule has 6 nitrogen and oxygen atoms in total. The second kappa shape index (κ2) is 7.59. The molecule has 2 heterocycles. The Morgan fingerprint density at radius 3 is 2.72 bits per heavy atom. The monoisotopic (exact) mass is 403 g/mol. The van der Waals surface area contributed by atoms with E-state index in [4.69, 9.17) is 4.74 Å². The lowest BCUT2D eigenvalue weighted by atomic mass is 10.0. The Hall–Kier alpha value is -2.15. The number of piperazine rings is 1. The Morgan fingerprint density at radius 1 is 1.21 bits per heavy atom. The standard InChI is InChI=1S/C22H30FN3O3/c1-22(2,3)29-21(28)26-12-15-8-6-10-25(15)13-18(26)20(27)24-19-16-9-5-4-7-14(16)11-17(19)23/h4-5,7,9,15,17-19H,6,8,10-13H2,1-3H3,(H,24,27)/t15-,17+,18+,19+/m1/s1. The summed E-state index contributed by atoms with van der Waals surface area (Å²) in [5.41, 5.74) is 1.11. The summed E-state index contributed by atoms with van der Waals surface area (Å²) < 4.78 is 20.2. The molecule has 0 aromatic heterocycles. The third-order valence-electron chi connectivity index (χ3n) is 6.09. The van der Waals surface area contributed by atoms with Gasteiger partial charge in [-0.3, -0.25) is 14.6 Å². The van der Waals surface area contributed by atoms with E-state index < -0.39 is 29.9 Å². The van der Waals surface area contributed by atoms with Crippen LogP contribution in [0.25, 0.3) is 0 Å². The first-order chi connectivity index (χ1) is 13.7.